The van der Waals surface area contributed by atoms with E-state index in [4.69, 9.17) is 0 Å². The maximum absolute atomic E-state index is 13.2. The number of hydrogen-bond acceptors (Lipinski definition) is 4. The predicted octanol–water partition coefficient (Wildman–Crippen LogP) is 3.88. The van der Waals surface area contributed by atoms with Gasteiger partial charge in [-0.25, -0.2) is 13.5 Å². The van der Waals surface area contributed by atoms with Crippen molar-refractivity contribution in [2.75, 3.05) is 12.3 Å². The fourth-order valence-corrected chi connectivity index (χ4v) is 6.14. The molecule has 1 atom stereocenters. The smallest absolute Gasteiger partial charge is 0.286 e. The molecule has 10 heteroatoms. The zero-order chi connectivity index (χ0) is 24.4. The first-order valence-corrected chi connectivity index (χ1v) is 12.1. The van der Waals surface area contributed by atoms with Crippen molar-refractivity contribution < 1.29 is 31.6 Å². The topological polar surface area (TPSA) is 77.9 Å². The predicted molar refractivity (Wildman–Crippen MR) is 117 cm³/mol. The summed E-state index contributed by atoms with van der Waals surface area (Å²) in [6.07, 6.45) is -3.71. The first kappa shape index (κ1) is 25.2. The van der Waals surface area contributed by atoms with Crippen LogP contribution in [0.25, 0.3) is 0 Å². The van der Waals surface area contributed by atoms with Gasteiger partial charge in [-0.3, -0.25) is 10.0 Å². The van der Waals surface area contributed by atoms with Crippen molar-refractivity contribution in [1.82, 2.24) is 9.37 Å². The molecule has 0 radical (unpaired) electrons. The molecule has 0 fully saturated rings. The van der Waals surface area contributed by atoms with Gasteiger partial charge < -0.3 is 0 Å². The zero-order valence-corrected chi connectivity index (χ0v) is 19.2. The lowest BCUT2D eigenvalue weighted by molar-refractivity contribution is -0.168. The summed E-state index contributed by atoms with van der Waals surface area (Å²) in [6, 6.07) is 11.6. The van der Waals surface area contributed by atoms with Gasteiger partial charge in [-0.1, -0.05) is 50.2 Å². The summed E-state index contributed by atoms with van der Waals surface area (Å²) in [7, 11) is -3.94. The Balaban J connectivity index is 1.81. The number of carbonyl (C=O) groups excluding carboxylic acids is 1. The Morgan fingerprint density at radius 1 is 1.12 bits per heavy atom. The largest absolute Gasteiger partial charge is 0.416 e. The van der Waals surface area contributed by atoms with E-state index in [1.165, 1.54) is 10.4 Å². The monoisotopic (exact) mass is 484 g/mol. The quantitative estimate of drug-likeness (QED) is 0.351. The Kier molecular flexibility index (Phi) is 7.21. The summed E-state index contributed by atoms with van der Waals surface area (Å²) in [5.41, 5.74) is 0.348. The van der Waals surface area contributed by atoms with Gasteiger partial charge in [-0.2, -0.15) is 17.5 Å². The van der Waals surface area contributed by atoms with E-state index in [9.17, 15) is 31.6 Å². The number of hydroxylamine groups is 2. The van der Waals surface area contributed by atoms with E-state index in [1.807, 2.05) is 30.3 Å². The number of nitrogens with zero attached hydrogens (tertiary/aromatic N) is 2. The molecular formula is C23H27F3N2O4S. The SMILES string of the molecule is CC(C)(Cc1ccccc1)C(CS(=O)(=O)N1CCc2cc(C(F)(F)F)ccc2C1)N(O)C=O. The van der Waals surface area contributed by atoms with E-state index in [0.29, 0.717) is 22.6 Å². The third-order valence-corrected chi connectivity index (χ3v) is 7.94. The number of carbonyl (C=O) groups is 1. The summed E-state index contributed by atoms with van der Waals surface area (Å²) in [6.45, 7) is 3.51. The minimum absolute atomic E-state index is 0.0228. The van der Waals surface area contributed by atoms with Gasteiger partial charge in [-0.15, -0.1) is 0 Å². The van der Waals surface area contributed by atoms with E-state index < -0.39 is 39.0 Å². The molecule has 33 heavy (non-hydrogen) atoms. The summed E-state index contributed by atoms with van der Waals surface area (Å²) in [4.78, 5) is 11.4. The maximum atomic E-state index is 13.2. The van der Waals surface area contributed by atoms with Crippen molar-refractivity contribution in [3.8, 4) is 0 Å². The van der Waals surface area contributed by atoms with Crippen LogP contribution in [0.5, 0.6) is 0 Å². The van der Waals surface area contributed by atoms with Crippen LogP contribution < -0.4 is 0 Å². The van der Waals surface area contributed by atoms with Crippen molar-refractivity contribution >= 4 is 16.4 Å². The van der Waals surface area contributed by atoms with Crippen LogP contribution in [0.15, 0.2) is 48.5 Å². The van der Waals surface area contributed by atoms with Gasteiger partial charge in [-0.05, 0) is 47.1 Å². The molecular weight excluding hydrogens is 457 g/mol. The molecule has 0 spiro atoms. The van der Waals surface area contributed by atoms with Gasteiger partial charge in [0.15, 0.2) is 0 Å². The number of amides is 1. The zero-order valence-electron chi connectivity index (χ0n) is 18.4. The Morgan fingerprint density at radius 2 is 1.79 bits per heavy atom. The van der Waals surface area contributed by atoms with Crippen LogP contribution >= 0.6 is 0 Å². The number of alkyl halides is 3. The second kappa shape index (κ2) is 9.44. The number of sulfonamides is 1. The van der Waals surface area contributed by atoms with E-state index in [1.54, 1.807) is 13.8 Å². The highest BCUT2D eigenvalue weighted by atomic mass is 32.2. The molecule has 2 aromatic carbocycles. The van der Waals surface area contributed by atoms with Gasteiger partial charge in [0.1, 0.15) is 0 Å². The summed E-state index contributed by atoms with van der Waals surface area (Å²) < 4.78 is 66.6. The summed E-state index contributed by atoms with van der Waals surface area (Å²) >= 11 is 0. The van der Waals surface area contributed by atoms with Crippen LogP contribution in [-0.4, -0.2) is 47.7 Å². The maximum Gasteiger partial charge on any atom is 0.416 e. The van der Waals surface area contributed by atoms with E-state index >= 15 is 0 Å². The molecule has 2 aromatic rings. The molecule has 0 aliphatic carbocycles. The fourth-order valence-electron chi connectivity index (χ4n) is 4.22. The molecule has 180 valence electrons. The highest BCUT2D eigenvalue weighted by molar-refractivity contribution is 7.89. The number of benzene rings is 2. The Hall–Kier alpha value is -2.43. The molecule has 0 aromatic heterocycles. The first-order valence-electron chi connectivity index (χ1n) is 10.5. The molecule has 3 rings (SSSR count). The van der Waals surface area contributed by atoms with Gasteiger partial charge in [0.2, 0.25) is 16.4 Å². The molecule has 0 bridgehead atoms. The molecule has 0 saturated heterocycles. The van der Waals surface area contributed by atoms with E-state index in [2.05, 4.69) is 0 Å². The summed E-state index contributed by atoms with van der Waals surface area (Å²) in [5.74, 6) is -0.516. The molecule has 1 unspecified atom stereocenters. The number of rotatable bonds is 8. The number of halogens is 3. The lowest BCUT2D eigenvalue weighted by atomic mass is 9.79. The highest BCUT2D eigenvalue weighted by Crippen LogP contribution is 2.34. The normalized spacial score (nSPS) is 16.2. The number of hydrogen-bond donors (Lipinski definition) is 1. The van der Waals surface area contributed by atoms with Crippen LogP contribution in [0.2, 0.25) is 0 Å². The lowest BCUT2D eigenvalue weighted by Crippen LogP contribution is -2.51. The van der Waals surface area contributed by atoms with Crippen molar-refractivity contribution in [2.24, 2.45) is 5.41 Å². The molecule has 0 saturated carbocycles. The van der Waals surface area contributed by atoms with Crippen LogP contribution in [0.3, 0.4) is 0 Å². The standard InChI is InChI=1S/C23H27F3N2O4S/c1-22(2,13-17-6-4-3-5-7-17)21(28(30)16-29)15-33(31,32)27-11-10-18-12-20(23(24,25)26)9-8-19(18)14-27/h3-9,12,16,21,30H,10-11,13-15H2,1-2H3. The highest BCUT2D eigenvalue weighted by Gasteiger charge is 2.40. The average Bonchev–Trinajstić information content (AvgIpc) is 2.76. The molecule has 1 N–H and O–H groups in total. The third kappa shape index (κ3) is 5.93. The second-order valence-electron chi connectivity index (χ2n) is 9.00. The van der Waals surface area contributed by atoms with Crippen molar-refractivity contribution in [2.45, 2.75) is 45.5 Å². The molecule has 1 aliphatic rings. The third-order valence-electron chi connectivity index (χ3n) is 6.10. The van der Waals surface area contributed by atoms with Gasteiger partial charge in [0.25, 0.3) is 0 Å². The van der Waals surface area contributed by atoms with Crippen LogP contribution in [0, 0.1) is 5.41 Å². The minimum Gasteiger partial charge on any atom is -0.286 e. The molecule has 6 nitrogen and oxygen atoms in total. The van der Waals surface area contributed by atoms with Crippen molar-refractivity contribution in [1.29, 1.82) is 0 Å². The minimum atomic E-state index is -4.46. The Labute approximate surface area is 191 Å². The number of fused-ring (bicyclic) bond motifs is 1. The molecule has 1 amide bonds. The Morgan fingerprint density at radius 3 is 2.39 bits per heavy atom. The fraction of sp³-hybridized carbons (Fsp3) is 0.435. The van der Waals surface area contributed by atoms with Gasteiger partial charge in [0, 0.05) is 13.1 Å². The average molecular weight is 485 g/mol. The van der Waals surface area contributed by atoms with E-state index in [-0.39, 0.29) is 25.9 Å². The van der Waals surface area contributed by atoms with Crippen LogP contribution in [0.1, 0.15) is 36.1 Å². The Bertz CT molecular complexity index is 1090. The first-order chi connectivity index (χ1) is 15.3. The second-order valence-corrected chi connectivity index (χ2v) is 11.0. The van der Waals surface area contributed by atoms with Crippen molar-refractivity contribution in [3.63, 3.8) is 0 Å². The molecule has 1 aliphatic heterocycles. The van der Waals surface area contributed by atoms with Crippen LogP contribution in [0.4, 0.5) is 13.2 Å². The lowest BCUT2D eigenvalue weighted by Gasteiger charge is -2.39. The van der Waals surface area contributed by atoms with Crippen molar-refractivity contribution in [3.05, 3.63) is 70.8 Å². The van der Waals surface area contributed by atoms with Gasteiger partial charge in [0.05, 0.1) is 17.4 Å². The summed E-state index contributed by atoms with van der Waals surface area (Å²) in [5, 5.41) is 10.6. The molecule has 1 heterocycles. The van der Waals surface area contributed by atoms with Crippen LogP contribution in [-0.2, 0) is 40.4 Å². The van der Waals surface area contributed by atoms with Gasteiger partial charge >= 0.3 is 6.18 Å². The van der Waals surface area contributed by atoms with E-state index in [0.717, 1.165) is 17.7 Å².